The van der Waals surface area contributed by atoms with Gasteiger partial charge in [0.15, 0.2) is 0 Å². The summed E-state index contributed by atoms with van der Waals surface area (Å²) in [4.78, 5) is 4.26. The summed E-state index contributed by atoms with van der Waals surface area (Å²) in [6.45, 7) is 0.483. The fourth-order valence-corrected chi connectivity index (χ4v) is 2.25. The van der Waals surface area contributed by atoms with Gasteiger partial charge in [0, 0.05) is 6.54 Å². The summed E-state index contributed by atoms with van der Waals surface area (Å²) >= 11 is 0. The molecule has 0 fully saturated rings. The van der Waals surface area contributed by atoms with E-state index in [-0.39, 0.29) is 0 Å². The lowest BCUT2D eigenvalue weighted by atomic mass is 9.96. The van der Waals surface area contributed by atoms with Crippen LogP contribution in [0.25, 0.3) is 5.52 Å². The van der Waals surface area contributed by atoms with Gasteiger partial charge in [0.1, 0.15) is 6.33 Å². The zero-order chi connectivity index (χ0) is 10.3. The standard InChI is InChI=1S/C11H14N4/c12-6-10-11-5-8-3-1-2-4-9(8)14-15(11)7-13-10/h5,7H,1-4,6,12H2. The third-order valence-corrected chi connectivity index (χ3v) is 3.08. The fourth-order valence-electron chi connectivity index (χ4n) is 2.25. The highest BCUT2D eigenvalue weighted by Crippen LogP contribution is 2.21. The Morgan fingerprint density at radius 3 is 3.07 bits per heavy atom. The molecule has 0 spiro atoms. The van der Waals surface area contributed by atoms with Gasteiger partial charge < -0.3 is 5.73 Å². The van der Waals surface area contributed by atoms with Crippen molar-refractivity contribution in [2.45, 2.75) is 32.2 Å². The minimum absolute atomic E-state index is 0.483. The van der Waals surface area contributed by atoms with Crippen molar-refractivity contribution >= 4 is 5.52 Å². The molecule has 1 aliphatic rings. The molecule has 2 N–H and O–H groups in total. The Hall–Kier alpha value is -1.42. The van der Waals surface area contributed by atoms with E-state index < -0.39 is 0 Å². The van der Waals surface area contributed by atoms with Gasteiger partial charge in [-0.2, -0.15) is 5.10 Å². The van der Waals surface area contributed by atoms with E-state index >= 15 is 0 Å². The predicted octanol–water partition coefficient (Wildman–Crippen LogP) is 1.07. The van der Waals surface area contributed by atoms with Crippen LogP contribution in [0.5, 0.6) is 0 Å². The van der Waals surface area contributed by atoms with Gasteiger partial charge in [0.05, 0.1) is 16.9 Å². The highest BCUT2D eigenvalue weighted by molar-refractivity contribution is 5.53. The highest BCUT2D eigenvalue weighted by atomic mass is 15.2. The van der Waals surface area contributed by atoms with Crippen molar-refractivity contribution in [3.05, 3.63) is 29.3 Å². The van der Waals surface area contributed by atoms with E-state index in [4.69, 9.17) is 5.73 Å². The third-order valence-electron chi connectivity index (χ3n) is 3.08. The lowest BCUT2D eigenvalue weighted by molar-refractivity contribution is 0.649. The molecule has 0 amide bonds. The summed E-state index contributed by atoms with van der Waals surface area (Å²) < 4.78 is 1.85. The number of hydrogen-bond acceptors (Lipinski definition) is 3. The molecule has 0 atom stereocenters. The molecule has 4 nitrogen and oxygen atoms in total. The van der Waals surface area contributed by atoms with E-state index in [1.807, 2.05) is 4.52 Å². The van der Waals surface area contributed by atoms with Crippen LogP contribution in [0.4, 0.5) is 0 Å². The third kappa shape index (κ3) is 1.33. The summed E-state index contributed by atoms with van der Waals surface area (Å²) in [7, 11) is 0. The van der Waals surface area contributed by atoms with Crippen molar-refractivity contribution in [1.29, 1.82) is 0 Å². The molecule has 1 aliphatic carbocycles. The van der Waals surface area contributed by atoms with Gasteiger partial charge in [-0.3, -0.25) is 0 Å². The fraction of sp³-hybridized carbons (Fsp3) is 0.455. The zero-order valence-corrected chi connectivity index (χ0v) is 8.61. The van der Waals surface area contributed by atoms with Crippen LogP contribution in [0.1, 0.15) is 29.8 Å². The minimum atomic E-state index is 0.483. The van der Waals surface area contributed by atoms with E-state index in [1.165, 1.54) is 24.1 Å². The molecular weight excluding hydrogens is 188 g/mol. The first-order valence-electron chi connectivity index (χ1n) is 5.43. The van der Waals surface area contributed by atoms with Gasteiger partial charge in [-0.25, -0.2) is 9.50 Å². The van der Waals surface area contributed by atoms with Gasteiger partial charge in [-0.1, -0.05) is 0 Å². The molecule has 2 aromatic rings. The van der Waals surface area contributed by atoms with E-state index in [9.17, 15) is 0 Å². The summed E-state index contributed by atoms with van der Waals surface area (Å²) in [5.74, 6) is 0. The molecule has 2 heterocycles. The molecule has 0 radical (unpaired) electrons. The van der Waals surface area contributed by atoms with Crippen LogP contribution in [0.3, 0.4) is 0 Å². The van der Waals surface area contributed by atoms with Crippen molar-refractivity contribution in [1.82, 2.24) is 14.6 Å². The van der Waals surface area contributed by atoms with Crippen LogP contribution in [0, 0.1) is 0 Å². The van der Waals surface area contributed by atoms with Gasteiger partial charge in [-0.15, -0.1) is 0 Å². The monoisotopic (exact) mass is 202 g/mol. The van der Waals surface area contributed by atoms with Crippen LogP contribution >= 0.6 is 0 Å². The smallest absolute Gasteiger partial charge is 0.118 e. The first kappa shape index (κ1) is 8.85. The number of imidazole rings is 1. The van der Waals surface area contributed by atoms with Crippen molar-refractivity contribution in [2.75, 3.05) is 0 Å². The Labute approximate surface area is 88.1 Å². The molecule has 0 unspecified atom stereocenters. The van der Waals surface area contributed by atoms with Crippen molar-refractivity contribution in [3.63, 3.8) is 0 Å². The number of aromatic nitrogens is 3. The Morgan fingerprint density at radius 1 is 1.33 bits per heavy atom. The maximum absolute atomic E-state index is 5.63. The maximum atomic E-state index is 5.63. The van der Waals surface area contributed by atoms with Crippen LogP contribution in [0.2, 0.25) is 0 Å². The molecule has 0 saturated heterocycles. The number of aryl methyl sites for hydroxylation is 2. The molecule has 3 rings (SSSR count). The first-order chi connectivity index (χ1) is 7.38. The van der Waals surface area contributed by atoms with Gasteiger partial charge in [0.25, 0.3) is 0 Å². The molecule has 15 heavy (non-hydrogen) atoms. The van der Waals surface area contributed by atoms with Crippen LogP contribution in [0.15, 0.2) is 12.4 Å². The number of nitrogens with zero attached hydrogens (tertiary/aromatic N) is 3. The number of rotatable bonds is 1. The second-order valence-corrected chi connectivity index (χ2v) is 4.05. The molecule has 0 aromatic carbocycles. The lowest BCUT2D eigenvalue weighted by Gasteiger charge is -2.14. The average Bonchev–Trinajstić information content (AvgIpc) is 2.68. The van der Waals surface area contributed by atoms with Crippen molar-refractivity contribution in [3.8, 4) is 0 Å². The van der Waals surface area contributed by atoms with Gasteiger partial charge in [0.2, 0.25) is 0 Å². The average molecular weight is 202 g/mol. The molecule has 78 valence electrons. The quantitative estimate of drug-likeness (QED) is 0.752. The predicted molar refractivity (Wildman–Crippen MR) is 57.5 cm³/mol. The lowest BCUT2D eigenvalue weighted by Crippen LogP contribution is -2.08. The summed E-state index contributed by atoms with van der Waals surface area (Å²) in [6, 6.07) is 2.21. The first-order valence-corrected chi connectivity index (χ1v) is 5.43. The van der Waals surface area contributed by atoms with Crippen molar-refractivity contribution < 1.29 is 0 Å². The van der Waals surface area contributed by atoms with E-state index in [0.29, 0.717) is 6.54 Å². The van der Waals surface area contributed by atoms with E-state index in [0.717, 1.165) is 24.1 Å². The van der Waals surface area contributed by atoms with Crippen LogP contribution in [-0.2, 0) is 19.4 Å². The van der Waals surface area contributed by atoms with Crippen molar-refractivity contribution in [2.24, 2.45) is 5.73 Å². The zero-order valence-electron chi connectivity index (χ0n) is 8.61. The van der Waals surface area contributed by atoms with Gasteiger partial charge in [-0.05, 0) is 37.3 Å². The Bertz CT molecular complexity index is 501. The number of fused-ring (bicyclic) bond motifs is 2. The molecular formula is C11H14N4. The largest absolute Gasteiger partial charge is 0.325 e. The normalized spacial score (nSPS) is 15.5. The second kappa shape index (κ2) is 3.31. The molecule has 0 aliphatic heterocycles. The molecule has 2 aromatic heterocycles. The molecule has 0 bridgehead atoms. The Balaban J connectivity index is 2.23. The minimum Gasteiger partial charge on any atom is -0.325 e. The Kier molecular flexibility index (Phi) is 1.95. The Morgan fingerprint density at radius 2 is 2.20 bits per heavy atom. The maximum Gasteiger partial charge on any atom is 0.118 e. The second-order valence-electron chi connectivity index (χ2n) is 4.05. The highest BCUT2D eigenvalue weighted by Gasteiger charge is 2.13. The number of hydrogen-bond donors (Lipinski definition) is 1. The van der Waals surface area contributed by atoms with Gasteiger partial charge >= 0.3 is 0 Å². The van der Waals surface area contributed by atoms with E-state index in [2.05, 4.69) is 16.1 Å². The van der Waals surface area contributed by atoms with E-state index in [1.54, 1.807) is 6.33 Å². The number of nitrogens with two attached hydrogens (primary N) is 1. The molecule has 4 heteroatoms. The summed E-state index contributed by atoms with van der Waals surface area (Å²) in [5.41, 5.74) is 10.3. The summed E-state index contributed by atoms with van der Waals surface area (Å²) in [6.07, 6.45) is 6.53. The van der Waals surface area contributed by atoms with Crippen LogP contribution in [-0.4, -0.2) is 14.6 Å². The van der Waals surface area contributed by atoms with Crippen LogP contribution < -0.4 is 5.73 Å². The topological polar surface area (TPSA) is 56.2 Å². The molecule has 0 saturated carbocycles. The summed E-state index contributed by atoms with van der Waals surface area (Å²) in [5, 5.41) is 4.58. The SMILES string of the molecule is NCc1ncn2nc3c(cc12)CCCC3.